The number of nitrogens with zero attached hydrogens (tertiary/aromatic N) is 1. The minimum Gasteiger partial charge on any atom is -0.344 e. The van der Waals surface area contributed by atoms with Crippen molar-refractivity contribution in [1.29, 1.82) is 0 Å². The van der Waals surface area contributed by atoms with Gasteiger partial charge in [0.1, 0.15) is 0 Å². The van der Waals surface area contributed by atoms with Crippen LogP contribution in [0.4, 0.5) is 0 Å². The number of likely N-dealkylation sites (N-methyl/N-ethyl adjacent to an activating group) is 1. The molecule has 1 fully saturated rings. The molecule has 1 amide bonds. The van der Waals surface area contributed by atoms with Crippen molar-refractivity contribution in [1.82, 2.24) is 10.2 Å². The van der Waals surface area contributed by atoms with Crippen LogP contribution in [-0.4, -0.2) is 36.5 Å². The Kier molecular flexibility index (Phi) is 4.78. The molecule has 94 valence electrons. The summed E-state index contributed by atoms with van der Waals surface area (Å²) in [5.74, 6) is 0.828. The maximum Gasteiger partial charge on any atom is 0.242 e. The van der Waals surface area contributed by atoms with Crippen molar-refractivity contribution >= 4 is 5.91 Å². The molecule has 1 unspecified atom stereocenters. The van der Waals surface area contributed by atoms with Gasteiger partial charge in [-0.25, -0.2) is 0 Å². The molecule has 0 spiro atoms. The lowest BCUT2D eigenvalue weighted by Crippen LogP contribution is -2.54. The predicted molar refractivity (Wildman–Crippen MR) is 67.4 cm³/mol. The molecule has 0 saturated carbocycles. The van der Waals surface area contributed by atoms with E-state index in [1.807, 2.05) is 11.9 Å². The van der Waals surface area contributed by atoms with Crippen LogP contribution < -0.4 is 5.32 Å². The first-order valence-electron chi connectivity index (χ1n) is 6.52. The summed E-state index contributed by atoms with van der Waals surface area (Å²) in [6, 6.07) is 0. The summed E-state index contributed by atoms with van der Waals surface area (Å²) in [6.45, 7) is 8.29. The summed E-state index contributed by atoms with van der Waals surface area (Å²) in [6.07, 6.45) is 4.16. The summed E-state index contributed by atoms with van der Waals surface area (Å²) in [5, 5.41) is 3.43. The molecule has 16 heavy (non-hydrogen) atoms. The van der Waals surface area contributed by atoms with Crippen LogP contribution in [0.1, 0.15) is 46.5 Å². The SMILES string of the molecule is CCCC1(C(=O)N(C)CC(C)C)CCCN1. The Morgan fingerprint density at radius 1 is 1.50 bits per heavy atom. The van der Waals surface area contributed by atoms with Crippen molar-refractivity contribution in [2.75, 3.05) is 20.1 Å². The first kappa shape index (κ1) is 13.5. The summed E-state index contributed by atoms with van der Waals surface area (Å²) < 4.78 is 0. The van der Waals surface area contributed by atoms with E-state index in [0.717, 1.165) is 38.8 Å². The highest BCUT2D eigenvalue weighted by molar-refractivity contribution is 5.86. The molecule has 0 aromatic rings. The number of nitrogens with one attached hydrogen (secondary N) is 1. The molecule has 0 aromatic heterocycles. The van der Waals surface area contributed by atoms with E-state index in [9.17, 15) is 4.79 Å². The Balaban J connectivity index is 2.67. The maximum atomic E-state index is 12.5. The van der Waals surface area contributed by atoms with Gasteiger partial charge >= 0.3 is 0 Å². The molecule has 1 aliphatic heterocycles. The van der Waals surface area contributed by atoms with Gasteiger partial charge in [-0.2, -0.15) is 0 Å². The van der Waals surface area contributed by atoms with Gasteiger partial charge in [0.15, 0.2) is 0 Å². The average molecular weight is 226 g/mol. The summed E-state index contributed by atoms with van der Waals surface area (Å²) in [4.78, 5) is 14.4. The predicted octanol–water partition coefficient (Wildman–Crippen LogP) is 2.02. The summed E-state index contributed by atoms with van der Waals surface area (Å²) >= 11 is 0. The normalized spacial score (nSPS) is 25.1. The van der Waals surface area contributed by atoms with E-state index in [0.29, 0.717) is 11.8 Å². The van der Waals surface area contributed by atoms with Crippen LogP contribution in [-0.2, 0) is 4.79 Å². The standard InChI is InChI=1S/C13H26N2O/c1-5-7-13(8-6-9-14-13)12(16)15(4)10-11(2)3/h11,14H,5-10H2,1-4H3. The lowest BCUT2D eigenvalue weighted by Gasteiger charge is -2.33. The number of hydrogen-bond donors (Lipinski definition) is 1. The summed E-state index contributed by atoms with van der Waals surface area (Å²) in [7, 11) is 1.93. The van der Waals surface area contributed by atoms with Crippen LogP contribution in [0.2, 0.25) is 0 Å². The van der Waals surface area contributed by atoms with Crippen LogP contribution >= 0.6 is 0 Å². The molecule has 1 rings (SSSR count). The summed E-state index contributed by atoms with van der Waals surface area (Å²) in [5.41, 5.74) is -0.252. The zero-order valence-corrected chi connectivity index (χ0v) is 11.2. The fourth-order valence-corrected chi connectivity index (χ4v) is 2.73. The highest BCUT2D eigenvalue weighted by Gasteiger charge is 2.41. The minimum absolute atomic E-state index is 0.252. The van der Waals surface area contributed by atoms with Gasteiger partial charge in [-0.3, -0.25) is 4.79 Å². The molecule has 1 atom stereocenters. The van der Waals surface area contributed by atoms with Gasteiger partial charge in [0.25, 0.3) is 0 Å². The van der Waals surface area contributed by atoms with E-state index >= 15 is 0 Å². The minimum atomic E-state index is -0.252. The van der Waals surface area contributed by atoms with E-state index in [2.05, 4.69) is 26.1 Å². The molecule has 1 aliphatic rings. The van der Waals surface area contributed by atoms with E-state index in [1.165, 1.54) is 0 Å². The third kappa shape index (κ3) is 2.97. The molecule has 0 radical (unpaired) electrons. The Morgan fingerprint density at radius 2 is 2.19 bits per heavy atom. The van der Waals surface area contributed by atoms with Crippen molar-refractivity contribution in [2.24, 2.45) is 5.92 Å². The largest absolute Gasteiger partial charge is 0.344 e. The van der Waals surface area contributed by atoms with Crippen molar-refractivity contribution < 1.29 is 4.79 Å². The second-order valence-electron chi connectivity index (χ2n) is 5.44. The third-order valence-corrected chi connectivity index (χ3v) is 3.32. The van der Waals surface area contributed by atoms with Crippen LogP contribution in [0.3, 0.4) is 0 Å². The zero-order chi connectivity index (χ0) is 12.2. The molecule has 0 aliphatic carbocycles. The van der Waals surface area contributed by atoms with Gasteiger partial charge in [-0.1, -0.05) is 27.2 Å². The number of hydrogen-bond acceptors (Lipinski definition) is 2. The van der Waals surface area contributed by atoms with Gasteiger partial charge in [0, 0.05) is 13.6 Å². The van der Waals surface area contributed by atoms with Crippen LogP contribution in [0.5, 0.6) is 0 Å². The Morgan fingerprint density at radius 3 is 2.62 bits per heavy atom. The topological polar surface area (TPSA) is 32.3 Å². The molecule has 1 heterocycles. The smallest absolute Gasteiger partial charge is 0.242 e. The third-order valence-electron chi connectivity index (χ3n) is 3.32. The fourth-order valence-electron chi connectivity index (χ4n) is 2.73. The van der Waals surface area contributed by atoms with Crippen LogP contribution in [0.15, 0.2) is 0 Å². The van der Waals surface area contributed by atoms with E-state index in [4.69, 9.17) is 0 Å². The van der Waals surface area contributed by atoms with Gasteiger partial charge in [-0.05, 0) is 31.7 Å². The van der Waals surface area contributed by atoms with E-state index in [1.54, 1.807) is 0 Å². The van der Waals surface area contributed by atoms with Crippen molar-refractivity contribution in [3.05, 3.63) is 0 Å². The highest BCUT2D eigenvalue weighted by atomic mass is 16.2. The molecule has 0 bridgehead atoms. The molecular weight excluding hydrogens is 200 g/mol. The number of rotatable bonds is 5. The van der Waals surface area contributed by atoms with Crippen LogP contribution in [0.25, 0.3) is 0 Å². The van der Waals surface area contributed by atoms with Crippen molar-refractivity contribution in [3.8, 4) is 0 Å². The van der Waals surface area contributed by atoms with Crippen molar-refractivity contribution in [2.45, 2.75) is 52.0 Å². The Hall–Kier alpha value is -0.570. The van der Waals surface area contributed by atoms with E-state index in [-0.39, 0.29) is 5.54 Å². The Labute approximate surface area is 99.6 Å². The molecule has 1 saturated heterocycles. The molecule has 1 N–H and O–H groups in total. The van der Waals surface area contributed by atoms with Gasteiger partial charge < -0.3 is 10.2 Å². The quantitative estimate of drug-likeness (QED) is 0.778. The van der Waals surface area contributed by atoms with Crippen LogP contribution in [0, 0.1) is 5.92 Å². The second-order valence-corrected chi connectivity index (χ2v) is 5.44. The molecule has 3 nitrogen and oxygen atoms in total. The highest BCUT2D eigenvalue weighted by Crippen LogP contribution is 2.26. The maximum absolute atomic E-state index is 12.5. The Bertz CT molecular complexity index is 232. The van der Waals surface area contributed by atoms with E-state index < -0.39 is 0 Å². The number of carbonyl (C=O) groups excluding carboxylic acids is 1. The van der Waals surface area contributed by atoms with Crippen molar-refractivity contribution in [3.63, 3.8) is 0 Å². The monoisotopic (exact) mass is 226 g/mol. The zero-order valence-electron chi connectivity index (χ0n) is 11.2. The average Bonchev–Trinajstić information content (AvgIpc) is 2.66. The molecular formula is C13H26N2O. The molecule has 3 heteroatoms. The number of amides is 1. The lowest BCUT2D eigenvalue weighted by molar-refractivity contribution is -0.137. The second kappa shape index (κ2) is 5.67. The number of carbonyl (C=O) groups is 1. The lowest BCUT2D eigenvalue weighted by atomic mass is 9.90. The van der Waals surface area contributed by atoms with Gasteiger partial charge in [0.2, 0.25) is 5.91 Å². The first-order chi connectivity index (χ1) is 7.52. The molecule has 0 aromatic carbocycles. The first-order valence-corrected chi connectivity index (χ1v) is 6.52. The fraction of sp³-hybridized carbons (Fsp3) is 0.923. The van der Waals surface area contributed by atoms with Gasteiger partial charge in [-0.15, -0.1) is 0 Å². The van der Waals surface area contributed by atoms with Gasteiger partial charge in [0.05, 0.1) is 5.54 Å².